The third-order valence-corrected chi connectivity index (χ3v) is 6.50. The largest absolute Gasteiger partial charge is 0.351 e. The molecule has 1 aromatic rings. The zero-order valence-corrected chi connectivity index (χ0v) is 17.9. The summed E-state index contributed by atoms with van der Waals surface area (Å²) in [6.07, 6.45) is 16.6. The van der Waals surface area contributed by atoms with Crippen LogP contribution in [0.1, 0.15) is 30.9 Å². The van der Waals surface area contributed by atoms with Gasteiger partial charge in [0.15, 0.2) is 0 Å². The predicted octanol–water partition coefficient (Wildman–Crippen LogP) is 6.33. The maximum absolute atomic E-state index is 5.25. The number of hydrogen-bond donors (Lipinski definition) is 0. The Morgan fingerprint density at radius 3 is 2.62 bits per heavy atom. The molecule has 1 heterocycles. The summed E-state index contributed by atoms with van der Waals surface area (Å²) >= 11 is 7.14. The molecule has 0 spiro atoms. The van der Waals surface area contributed by atoms with Crippen LogP contribution in [-0.2, 0) is 0 Å². The molecule has 0 saturated heterocycles. The van der Waals surface area contributed by atoms with Crippen LogP contribution in [0.3, 0.4) is 0 Å². The number of likely N-dealkylation sites (N-methyl/N-ethyl adjacent to an activating group) is 1. The summed E-state index contributed by atoms with van der Waals surface area (Å²) in [4.78, 5) is 7.64. The summed E-state index contributed by atoms with van der Waals surface area (Å²) in [6.45, 7) is 0. The Bertz CT molecular complexity index is 830. The molecule has 0 aromatic heterocycles. The van der Waals surface area contributed by atoms with Crippen molar-refractivity contribution in [2.24, 2.45) is 10.9 Å². The number of allylic oxidation sites excluding steroid dienone is 6. The molecule has 0 saturated carbocycles. The summed E-state index contributed by atoms with van der Waals surface area (Å²) in [6, 6.07) is 9.22. The van der Waals surface area contributed by atoms with Gasteiger partial charge in [0.2, 0.25) is 0 Å². The third kappa shape index (κ3) is 3.54. The van der Waals surface area contributed by atoms with E-state index in [1.807, 2.05) is 0 Å². The topological polar surface area (TPSA) is 15.6 Å². The molecule has 1 aliphatic heterocycles. The van der Waals surface area contributed by atoms with Crippen molar-refractivity contribution in [2.45, 2.75) is 31.3 Å². The molecule has 0 bridgehead atoms. The Hall–Kier alpha value is -1.39. The van der Waals surface area contributed by atoms with Gasteiger partial charge in [-0.3, -0.25) is 4.99 Å². The second-order valence-electron chi connectivity index (χ2n) is 7.06. The summed E-state index contributed by atoms with van der Waals surface area (Å²) in [7, 11) is 2.20. The molecule has 0 N–H and O–H groups in total. The van der Waals surface area contributed by atoms with Gasteiger partial charge in [-0.2, -0.15) is 0 Å². The standard InChI is InChI=1S/C22H22Br2N2/c1-26-21(16-9-13-19(24)14-10-16)20(15-7-11-18(23)12-8-15)25-22(26)17-5-3-2-4-6-17/h2-3,5,7,9-15,20-21H,4,6,8H2,1H3. The van der Waals surface area contributed by atoms with Crippen molar-refractivity contribution in [3.8, 4) is 0 Å². The van der Waals surface area contributed by atoms with E-state index in [-0.39, 0.29) is 12.1 Å². The SMILES string of the molecule is CN1C(C2=CC=CCC2)=NC(C2C=CC(Br)=CC2)C1c1ccc(Br)cc1. The maximum Gasteiger partial charge on any atom is 0.127 e. The lowest BCUT2D eigenvalue weighted by Gasteiger charge is -2.31. The Balaban J connectivity index is 1.71. The lowest BCUT2D eigenvalue weighted by atomic mass is 9.85. The highest BCUT2D eigenvalue weighted by molar-refractivity contribution is 9.12. The van der Waals surface area contributed by atoms with E-state index in [4.69, 9.17) is 4.99 Å². The van der Waals surface area contributed by atoms with Gasteiger partial charge in [-0.25, -0.2) is 0 Å². The predicted molar refractivity (Wildman–Crippen MR) is 117 cm³/mol. The first kappa shape index (κ1) is 18.0. The fourth-order valence-electron chi connectivity index (χ4n) is 4.04. The van der Waals surface area contributed by atoms with E-state index in [9.17, 15) is 0 Å². The summed E-state index contributed by atoms with van der Waals surface area (Å²) in [5.74, 6) is 1.58. The van der Waals surface area contributed by atoms with Gasteiger partial charge in [0.1, 0.15) is 5.84 Å². The van der Waals surface area contributed by atoms with Crippen molar-refractivity contribution < 1.29 is 0 Å². The van der Waals surface area contributed by atoms with Crippen LogP contribution in [0.5, 0.6) is 0 Å². The number of halogens is 2. The van der Waals surface area contributed by atoms with Gasteiger partial charge in [-0.1, -0.05) is 80.4 Å². The Labute approximate surface area is 172 Å². The van der Waals surface area contributed by atoms with Crippen LogP contribution in [0.4, 0.5) is 0 Å². The van der Waals surface area contributed by atoms with Gasteiger partial charge in [0, 0.05) is 21.9 Å². The third-order valence-electron chi connectivity index (χ3n) is 5.39. The highest BCUT2D eigenvalue weighted by Crippen LogP contribution is 2.40. The molecular formula is C22H22Br2N2. The van der Waals surface area contributed by atoms with E-state index >= 15 is 0 Å². The minimum atomic E-state index is 0.232. The van der Waals surface area contributed by atoms with Crippen molar-refractivity contribution in [2.75, 3.05) is 7.05 Å². The molecular weight excluding hydrogens is 452 g/mol. The van der Waals surface area contributed by atoms with E-state index in [1.54, 1.807) is 0 Å². The number of nitrogens with zero attached hydrogens (tertiary/aromatic N) is 2. The molecule has 2 nitrogen and oxygen atoms in total. The van der Waals surface area contributed by atoms with E-state index in [1.165, 1.54) is 15.6 Å². The number of hydrogen-bond acceptors (Lipinski definition) is 2. The molecule has 4 heteroatoms. The van der Waals surface area contributed by atoms with Crippen LogP contribution >= 0.6 is 31.9 Å². The van der Waals surface area contributed by atoms with Gasteiger partial charge in [0.25, 0.3) is 0 Å². The van der Waals surface area contributed by atoms with Crippen molar-refractivity contribution in [1.29, 1.82) is 0 Å². The van der Waals surface area contributed by atoms with E-state index in [0.717, 1.165) is 29.6 Å². The van der Waals surface area contributed by atoms with Gasteiger partial charge < -0.3 is 4.90 Å². The molecule has 134 valence electrons. The summed E-state index contributed by atoms with van der Waals surface area (Å²) in [5.41, 5.74) is 2.68. The van der Waals surface area contributed by atoms with Gasteiger partial charge in [0.05, 0.1) is 12.1 Å². The average molecular weight is 474 g/mol. The summed E-state index contributed by atoms with van der Waals surface area (Å²) in [5, 5.41) is 0. The average Bonchev–Trinajstić information content (AvgIpc) is 3.01. The molecule has 4 rings (SSSR count). The molecule has 3 aliphatic rings. The lowest BCUT2D eigenvalue weighted by Crippen LogP contribution is -2.33. The van der Waals surface area contributed by atoms with Crippen LogP contribution in [-0.4, -0.2) is 23.8 Å². The van der Waals surface area contributed by atoms with Crippen molar-refractivity contribution in [1.82, 2.24) is 4.90 Å². The second kappa shape index (κ2) is 7.69. The normalized spacial score (nSPS) is 28.0. The summed E-state index contributed by atoms with van der Waals surface area (Å²) < 4.78 is 2.29. The van der Waals surface area contributed by atoms with E-state index in [2.05, 4.69) is 105 Å². The molecule has 3 unspecified atom stereocenters. The van der Waals surface area contributed by atoms with Crippen LogP contribution in [0, 0.1) is 5.92 Å². The van der Waals surface area contributed by atoms with Crippen LogP contribution in [0.25, 0.3) is 0 Å². The molecule has 26 heavy (non-hydrogen) atoms. The number of amidine groups is 1. The van der Waals surface area contributed by atoms with Crippen LogP contribution in [0.15, 0.2) is 80.2 Å². The highest BCUT2D eigenvalue weighted by atomic mass is 79.9. The van der Waals surface area contributed by atoms with Crippen molar-refractivity contribution in [3.05, 3.63) is 80.8 Å². The van der Waals surface area contributed by atoms with Gasteiger partial charge in [-0.05, 0) is 42.5 Å². The molecule has 1 aromatic carbocycles. The fraction of sp³-hybridized carbons (Fsp3) is 0.318. The second-order valence-corrected chi connectivity index (χ2v) is 8.89. The first-order valence-electron chi connectivity index (χ1n) is 9.09. The number of aliphatic imine (C=N–C) groups is 1. The van der Waals surface area contributed by atoms with E-state index in [0.29, 0.717) is 5.92 Å². The lowest BCUT2D eigenvalue weighted by molar-refractivity contribution is 0.317. The first-order chi connectivity index (χ1) is 12.6. The first-order valence-corrected chi connectivity index (χ1v) is 10.7. The zero-order valence-electron chi connectivity index (χ0n) is 14.8. The fourth-order valence-corrected chi connectivity index (χ4v) is 4.64. The molecule has 2 aliphatic carbocycles. The number of rotatable bonds is 3. The minimum absolute atomic E-state index is 0.232. The molecule has 0 radical (unpaired) electrons. The quantitative estimate of drug-likeness (QED) is 0.500. The van der Waals surface area contributed by atoms with Crippen LogP contribution < -0.4 is 0 Å². The smallest absolute Gasteiger partial charge is 0.127 e. The number of benzene rings is 1. The minimum Gasteiger partial charge on any atom is -0.351 e. The molecule has 3 atom stereocenters. The van der Waals surface area contributed by atoms with Gasteiger partial charge in [-0.15, -0.1) is 0 Å². The Morgan fingerprint density at radius 2 is 1.96 bits per heavy atom. The highest BCUT2D eigenvalue weighted by Gasteiger charge is 2.39. The van der Waals surface area contributed by atoms with Gasteiger partial charge >= 0.3 is 0 Å². The monoisotopic (exact) mass is 472 g/mol. The van der Waals surface area contributed by atoms with Crippen molar-refractivity contribution in [3.63, 3.8) is 0 Å². The maximum atomic E-state index is 5.25. The Kier molecular flexibility index (Phi) is 5.32. The molecule has 0 amide bonds. The molecule has 0 fully saturated rings. The van der Waals surface area contributed by atoms with Crippen molar-refractivity contribution >= 4 is 37.7 Å². The Morgan fingerprint density at radius 1 is 1.15 bits per heavy atom. The zero-order chi connectivity index (χ0) is 18.1. The van der Waals surface area contributed by atoms with Crippen LogP contribution in [0.2, 0.25) is 0 Å². The van der Waals surface area contributed by atoms with E-state index < -0.39 is 0 Å².